The summed E-state index contributed by atoms with van der Waals surface area (Å²) in [6, 6.07) is 7.63. The van der Waals surface area contributed by atoms with E-state index in [0.29, 0.717) is 0 Å². The highest BCUT2D eigenvalue weighted by molar-refractivity contribution is 5.99. The number of nitrogens with one attached hydrogen (secondary N) is 1. The van der Waals surface area contributed by atoms with Gasteiger partial charge < -0.3 is 16.5 Å². The topological polar surface area (TPSA) is 102 Å². The van der Waals surface area contributed by atoms with Crippen LogP contribution in [0.15, 0.2) is 30.5 Å². The van der Waals surface area contributed by atoms with Crippen LogP contribution in [0.25, 0.3) is 10.9 Å². The van der Waals surface area contributed by atoms with Gasteiger partial charge >= 0.3 is 0 Å². The summed E-state index contributed by atoms with van der Waals surface area (Å²) in [6.45, 7) is 0. The number of rotatable bonds is 4. The first kappa shape index (κ1) is 11.2. The zero-order valence-corrected chi connectivity index (χ0v) is 9.14. The minimum Gasteiger partial charge on any atom is -0.369 e. The van der Waals surface area contributed by atoms with Gasteiger partial charge in [-0.3, -0.25) is 9.59 Å². The first-order chi connectivity index (χ1) is 8.09. The van der Waals surface area contributed by atoms with E-state index in [2.05, 4.69) is 4.98 Å². The van der Waals surface area contributed by atoms with Gasteiger partial charge in [-0.05, 0) is 18.1 Å². The molecule has 2 amide bonds. The van der Waals surface area contributed by atoms with Crippen LogP contribution in [-0.4, -0.2) is 16.8 Å². The number of fused-ring (bicyclic) bond motifs is 1. The first-order valence-electron chi connectivity index (χ1n) is 5.23. The van der Waals surface area contributed by atoms with Crippen molar-refractivity contribution >= 4 is 22.7 Å². The van der Waals surface area contributed by atoms with Gasteiger partial charge in [0.25, 0.3) is 0 Å². The zero-order valence-electron chi connectivity index (χ0n) is 9.14. The minimum atomic E-state index is -0.964. The van der Waals surface area contributed by atoms with E-state index in [0.717, 1.165) is 16.5 Å². The molecule has 0 unspecified atom stereocenters. The van der Waals surface area contributed by atoms with E-state index in [1.54, 1.807) is 6.20 Å². The van der Waals surface area contributed by atoms with Crippen molar-refractivity contribution in [3.63, 3.8) is 0 Å². The molecule has 5 N–H and O–H groups in total. The third-order valence-electron chi connectivity index (χ3n) is 2.79. The van der Waals surface area contributed by atoms with Gasteiger partial charge in [-0.1, -0.05) is 18.2 Å². The van der Waals surface area contributed by atoms with Crippen LogP contribution in [-0.2, 0) is 16.0 Å². The molecule has 0 saturated carbocycles. The Balaban J connectivity index is 2.35. The first-order valence-corrected chi connectivity index (χ1v) is 5.23. The van der Waals surface area contributed by atoms with Crippen molar-refractivity contribution in [2.75, 3.05) is 0 Å². The number of aromatic amines is 1. The fraction of sp³-hybridized carbons (Fsp3) is 0.167. The molecule has 0 spiro atoms. The van der Waals surface area contributed by atoms with Crippen LogP contribution in [0.5, 0.6) is 0 Å². The summed E-state index contributed by atoms with van der Waals surface area (Å²) in [6.07, 6.45) is 2.00. The lowest BCUT2D eigenvalue weighted by atomic mass is 9.98. The van der Waals surface area contributed by atoms with E-state index >= 15 is 0 Å². The van der Waals surface area contributed by atoms with Crippen LogP contribution < -0.4 is 11.5 Å². The summed E-state index contributed by atoms with van der Waals surface area (Å²) in [5.41, 5.74) is 12.1. The average Bonchev–Trinajstić information content (AvgIpc) is 2.68. The molecule has 2 aromatic rings. The number of nitrogens with two attached hydrogens (primary N) is 2. The molecule has 0 atom stereocenters. The molecule has 1 aromatic carbocycles. The summed E-state index contributed by atoms with van der Waals surface area (Å²) in [5, 5.41) is 0.972. The van der Waals surface area contributed by atoms with Gasteiger partial charge in [-0.15, -0.1) is 0 Å². The minimum absolute atomic E-state index is 0.231. The fourth-order valence-electron chi connectivity index (χ4n) is 1.86. The maximum atomic E-state index is 11.1. The summed E-state index contributed by atoms with van der Waals surface area (Å²) in [4.78, 5) is 25.3. The molecule has 0 bridgehead atoms. The highest BCUT2D eigenvalue weighted by Crippen LogP contribution is 2.20. The van der Waals surface area contributed by atoms with E-state index in [-0.39, 0.29) is 6.42 Å². The molecule has 5 nitrogen and oxygen atoms in total. The van der Waals surface area contributed by atoms with Crippen molar-refractivity contribution in [1.29, 1.82) is 0 Å². The van der Waals surface area contributed by atoms with Crippen LogP contribution in [0.2, 0.25) is 0 Å². The Kier molecular flexibility index (Phi) is 2.82. The Morgan fingerprint density at radius 3 is 2.47 bits per heavy atom. The third-order valence-corrected chi connectivity index (χ3v) is 2.79. The number of benzene rings is 1. The molecule has 0 saturated heterocycles. The molecule has 88 valence electrons. The lowest BCUT2D eigenvalue weighted by Gasteiger charge is -2.08. The van der Waals surface area contributed by atoms with Gasteiger partial charge in [-0.25, -0.2) is 0 Å². The Morgan fingerprint density at radius 2 is 1.82 bits per heavy atom. The highest BCUT2D eigenvalue weighted by Gasteiger charge is 2.23. The maximum absolute atomic E-state index is 11.1. The molecular formula is C12H13N3O2. The molecule has 2 rings (SSSR count). The number of amides is 2. The number of aromatic nitrogens is 1. The Morgan fingerprint density at radius 1 is 1.18 bits per heavy atom. The smallest absolute Gasteiger partial charge is 0.230 e. The second kappa shape index (κ2) is 4.29. The Hall–Kier alpha value is -2.30. The SMILES string of the molecule is NC(=O)C(Cc1c[nH]c2ccccc12)C(N)=O. The van der Waals surface area contributed by atoms with E-state index in [1.807, 2.05) is 24.3 Å². The quantitative estimate of drug-likeness (QED) is 0.659. The molecule has 5 heteroatoms. The molecule has 1 aromatic heterocycles. The third kappa shape index (κ3) is 2.13. The number of primary amides is 2. The number of carbonyl (C=O) groups is 2. The van der Waals surface area contributed by atoms with Gasteiger partial charge in [0, 0.05) is 17.1 Å². The van der Waals surface area contributed by atoms with Gasteiger partial charge in [0.2, 0.25) is 11.8 Å². The van der Waals surface area contributed by atoms with Crippen molar-refractivity contribution in [3.8, 4) is 0 Å². The standard InChI is InChI=1S/C12H13N3O2/c13-11(16)9(12(14)17)5-7-6-15-10-4-2-1-3-8(7)10/h1-4,6,9,15H,5H2,(H2,13,16)(H2,14,17). The highest BCUT2D eigenvalue weighted by atomic mass is 16.2. The molecule has 0 radical (unpaired) electrons. The monoisotopic (exact) mass is 231 g/mol. The molecule has 0 fully saturated rings. The van der Waals surface area contributed by atoms with Crippen molar-refractivity contribution in [1.82, 2.24) is 4.98 Å². The second-order valence-electron chi connectivity index (χ2n) is 3.92. The van der Waals surface area contributed by atoms with E-state index in [4.69, 9.17) is 11.5 Å². The number of para-hydroxylation sites is 1. The second-order valence-corrected chi connectivity index (χ2v) is 3.92. The number of H-pyrrole nitrogens is 1. The van der Waals surface area contributed by atoms with E-state index < -0.39 is 17.7 Å². The summed E-state index contributed by atoms with van der Waals surface area (Å²) in [7, 11) is 0. The van der Waals surface area contributed by atoms with Crippen molar-refractivity contribution in [3.05, 3.63) is 36.0 Å². The number of carbonyl (C=O) groups excluding carboxylic acids is 2. The van der Waals surface area contributed by atoms with Crippen LogP contribution in [0, 0.1) is 5.92 Å². The normalized spacial score (nSPS) is 10.9. The predicted octanol–water partition coefficient (Wildman–Crippen LogP) is 0.297. The fourth-order valence-corrected chi connectivity index (χ4v) is 1.86. The van der Waals surface area contributed by atoms with E-state index in [9.17, 15) is 9.59 Å². The largest absolute Gasteiger partial charge is 0.369 e. The molecule has 0 aliphatic rings. The van der Waals surface area contributed by atoms with Crippen molar-refractivity contribution in [2.45, 2.75) is 6.42 Å². The summed E-state index contributed by atoms with van der Waals surface area (Å²) < 4.78 is 0. The number of hydrogen-bond acceptors (Lipinski definition) is 2. The molecule has 0 aliphatic carbocycles. The van der Waals surface area contributed by atoms with Gasteiger partial charge in [0.15, 0.2) is 0 Å². The Bertz CT molecular complexity index is 560. The molecular weight excluding hydrogens is 218 g/mol. The Labute approximate surface area is 97.8 Å². The summed E-state index contributed by atoms with van der Waals surface area (Å²) in [5.74, 6) is -2.35. The molecule has 17 heavy (non-hydrogen) atoms. The van der Waals surface area contributed by atoms with Crippen LogP contribution in [0.4, 0.5) is 0 Å². The van der Waals surface area contributed by atoms with Gasteiger partial charge in [0.05, 0.1) is 0 Å². The molecule has 0 aliphatic heterocycles. The number of hydrogen-bond donors (Lipinski definition) is 3. The van der Waals surface area contributed by atoms with Crippen molar-refractivity contribution in [2.24, 2.45) is 17.4 Å². The maximum Gasteiger partial charge on any atom is 0.230 e. The van der Waals surface area contributed by atoms with Crippen LogP contribution in [0.3, 0.4) is 0 Å². The lowest BCUT2D eigenvalue weighted by Crippen LogP contribution is -2.36. The lowest BCUT2D eigenvalue weighted by molar-refractivity contribution is -0.131. The van der Waals surface area contributed by atoms with E-state index in [1.165, 1.54) is 0 Å². The zero-order chi connectivity index (χ0) is 12.4. The van der Waals surface area contributed by atoms with Crippen LogP contribution >= 0.6 is 0 Å². The predicted molar refractivity (Wildman–Crippen MR) is 63.9 cm³/mol. The summed E-state index contributed by atoms with van der Waals surface area (Å²) >= 11 is 0. The van der Waals surface area contributed by atoms with Gasteiger partial charge in [-0.2, -0.15) is 0 Å². The van der Waals surface area contributed by atoms with Gasteiger partial charge in [0.1, 0.15) is 5.92 Å². The average molecular weight is 231 g/mol. The van der Waals surface area contributed by atoms with Crippen molar-refractivity contribution < 1.29 is 9.59 Å². The van der Waals surface area contributed by atoms with Crippen LogP contribution in [0.1, 0.15) is 5.56 Å². The molecule has 1 heterocycles.